The van der Waals surface area contributed by atoms with Crippen LogP contribution in [0.4, 0.5) is 4.79 Å². The molecule has 1 heterocycles. The summed E-state index contributed by atoms with van der Waals surface area (Å²) in [6, 6.07) is -1.49. The Morgan fingerprint density at radius 1 is 1.00 bits per heavy atom. The van der Waals surface area contributed by atoms with Crippen molar-refractivity contribution in [3.63, 3.8) is 0 Å². The van der Waals surface area contributed by atoms with Crippen molar-refractivity contribution in [2.45, 2.75) is 141 Å². The smallest absolute Gasteiger partial charge is 0.315 e. The zero-order valence-electron chi connectivity index (χ0n) is 24.0. The number of Topliss-reactive ketones (excluding diaryl/α,β-unsaturated/α-hetero) is 1. The molecular formula is C29H47N5O4. The van der Waals surface area contributed by atoms with Crippen LogP contribution in [-0.4, -0.2) is 70.0 Å². The molecule has 0 bridgehead atoms. The van der Waals surface area contributed by atoms with Crippen LogP contribution in [0, 0.1) is 5.41 Å². The summed E-state index contributed by atoms with van der Waals surface area (Å²) >= 11 is 0. The van der Waals surface area contributed by atoms with Crippen LogP contribution in [0.2, 0.25) is 0 Å². The maximum absolute atomic E-state index is 13.9. The topological polar surface area (TPSA) is 120 Å². The Hall–Kier alpha value is -2.45. The van der Waals surface area contributed by atoms with Gasteiger partial charge < -0.3 is 20.9 Å². The van der Waals surface area contributed by atoms with Gasteiger partial charge in [0.15, 0.2) is 0 Å². The van der Waals surface area contributed by atoms with E-state index in [0.717, 1.165) is 44.9 Å². The van der Waals surface area contributed by atoms with Gasteiger partial charge in [0.2, 0.25) is 17.6 Å². The number of amides is 4. The van der Waals surface area contributed by atoms with Crippen molar-refractivity contribution in [2.24, 2.45) is 10.4 Å². The van der Waals surface area contributed by atoms with Gasteiger partial charge in [-0.15, -0.1) is 0 Å². The molecule has 4 aliphatic rings. The van der Waals surface area contributed by atoms with Gasteiger partial charge in [-0.1, -0.05) is 53.9 Å². The van der Waals surface area contributed by atoms with Gasteiger partial charge in [0.1, 0.15) is 17.6 Å². The van der Waals surface area contributed by atoms with Gasteiger partial charge in [0, 0.05) is 18.5 Å². The summed E-state index contributed by atoms with van der Waals surface area (Å²) in [5.41, 5.74) is -1.11. The zero-order valence-corrected chi connectivity index (χ0v) is 24.0. The van der Waals surface area contributed by atoms with Crippen LogP contribution in [0.25, 0.3) is 0 Å². The Morgan fingerprint density at radius 3 is 2.24 bits per heavy atom. The predicted molar refractivity (Wildman–Crippen MR) is 147 cm³/mol. The number of carbonyl (C=O) groups is 4. The van der Waals surface area contributed by atoms with Gasteiger partial charge in [-0.25, -0.2) is 4.79 Å². The molecule has 9 nitrogen and oxygen atoms in total. The van der Waals surface area contributed by atoms with Crippen molar-refractivity contribution in [1.82, 2.24) is 20.9 Å². The lowest BCUT2D eigenvalue weighted by Gasteiger charge is -2.42. The van der Waals surface area contributed by atoms with Crippen LogP contribution in [-0.2, 0) is 14.4 Å². The third kappa shape index (κ3) is 5.91. The second-order valence-corrected chi connectivity index (χ2v) is 13.0. The summed E-state index contributed by atoms with van der Waals surface area (Å²) < 4.78 is 0. The normalized spacial score (nSPS) is 29.0. The van der Waals surface area contributed by atoms with E-state index in [-0.39, 0.29) is 35.2 Å². The van der Waals surface area contributed by atoms with E-state index < -0.39 is 23.0 Å². The minimum absolute atomic E-state index is 0.0883. The maximum atomic E-state index is 13.9. The van der Waals surface area contributed by atoms with E-state index >= 15 is 0 Å². The van der Waals surface area contributed by atoms with E-state index in [4.69, 9.17) is 0 Å². The highest BCUT2D eigenvalue weighted by molar-refractivity contribution is 6.50. The highest BCUT2D eigenvalue weighted by atomic mass is 16.2. The molecule has 0 radical (unpaired) electrons. The van der Waals surface area contributed by atoms with Gasteiger partial charge >= 0.3 is 6.03 Å². The minimum Gasteiger partial charge on any atom is -0.341 e. The van der Waals surface area contributed by atoms with Crippen LogP contribution in [0.1, 0.15) is 112 Å². The molecule has 1 aliphatic heterocycles. The zero-order chi connectivity index (χ0) is 27.7. The van der Waals surface area contributed by atoms with Crippen LogP contribution < -0.4 is 16.0 Å². The van der Waals surface area contributed by atoms with Gasteiger partial charge in [0.25, 0.3) is 0 Å². The van der Waals surface area contributed by atoms with Gasteiger partial charge in [-0.05, 0) is 56.8 Å². The summed E-state index contributed by atoms with van der Waals surface area (Å²) in [5, 5.41) is 9.17. The molecule has 3 N–H and O–H groups in total. The quantitative estimate of drug-likeness (QED) is 0.445. The highest BCUT2D eigenvalue weighted by Gasteiger charge is 2.53. The number of nitrogens with zero attached hydrogens (tertiary/aromatic N) is 2. The number of nitrogens with one attached hydrogen (secondary N) is 3. The number of rotatable bonds is 8. The van der Waals surface area contributed by atoms with Gasteiger partial charge in [-0.2, -0.15) is 0 Å². The van der Waals surface area contributed by atoms with E-state index in [0.29, 0.717) is 37.9 Å². The van der Waals surface area contributed by atoms with Gasteiger partial charge in [-0.3, -0.25) is 19.4 Å². The lowest BCUT2D eigenvalue weighted by atomic mass is 9.71. The Morgan fingerprint density at radius 2 is 1.68 bits per heavy atom. The van der Waals surface area contributed by atoms with Crippen LogP contribution in [0.5, 0.6) is 0 Å². The molecule has 0 spiro atoms. The van der Waals surface area contributed by atoms with E-state index in [2.05, 4.69) is 27.9 Å². The fourth-order valence-electron chi connectivity index (χ4n) is 6.26. The summed E-state index contributed by atoms with van der Waals surface area (Å²) in [4.78, 5) is 59.5. The van der Waals surface area contributed by atoms with Crippen molar-refractivity contribution in [3.05, 3.63) is 0 Å². The molecule has 38 heavy (non-hydrogen) atoms. The largest absolute Gasteiger partial charge is 0.341 e. The molecule has 0 aromatic rings. The first kappa shape index (κ1) is 28.6. The average Bonchev–Trinajstić information content (AvgIpc) is 3.57. The van der Waals surface area contributed by atoms with E-state index in [1.54, 1.807) is 4.90 Å². The molecule has 1 saturated heterocycles. The molecule has 3 aliphatic carbocycles. The molecule has 4 rings (SSSR count). The number of carbonyl (C=O) groups excluding carboxylic acids is 4. The molecule has 3 unspecified atom stereocenters. The standard InChI is InChI=1S/C29H47N5O4/c1-6-28(15-9-8-10-16-28)33-26(38)31-22(27(3,4)5)25(37)34-17-11-12-21(34)24(36)32-29(7-2)18-20(23(29)35)30-19-13-14-19/h19,21-22H,6-18H2,1-5H3,(H,32,36)(H2,31,33,38). The van der Waals surface area contributed by atoms with Crippen LogP contribution >= 0.6 is 0 Å². The Kier molecular flexibility index (Phi) is 8.24. The predicted octanol–water partition coefficient (Wildman–Crippen LogP) is 3.65. The second-order valence-electron chi connectivity index (χ2n) is 13.0. The molecule has 3 saturated carbocycles. The molecule has 0 aromatic heterocycles. The Balaban J connectivity index is 1.43. The third-order valence-corrected chi connectivity index (χ3v) is 9.11. The number of likely N-dealkylation sites (tertiary alicyclic amines) is 1. The SMILES string of the molecule is CCC1(NC(=O)NC(C(=O)N2CCCC2C(=O)NC2(CC)CC(=NC3CC3)C2=O)C(C)(C)C)CCCCC1. The Labute approximate surface area is 227 Å². The number of hydrogen-bond acceptors (Lipinski definition) is 5. The van der Waals surface area contributed by atoms with Crippen molar-refractivity contribution in [2.75, 3.05) is 6.54 Å². The lowest BCUT2D eigenvalue weighted by molar-refractivity contribution is -0.143. The Bertz CT molecular complexity index is 976. The summed E-state index contributed by atoms with van der Waals surface area (Å²) in [5.74, 6) is -0.628. The summed E-state index contributed by atoms with van der Waals surface area (Å²) in [6.07, 6.45) is 10.4. The monoisotopic (exact) mass is 529 g/mol. The lowest BCUT2D eigenvalue weighted by Crippen LogP contribution is -2.68. The first-order valence-electron chi connectivity index (χ1n) is 14.8. The van der Waals surface area contributed by atoms with Crippen LogP contribution in [0.15, 0.2) is 4.99 Å². The average molecular weight is 530 g/mol. The maximum Gasteiger partial charge on any atom is 0.315 e. The van der Waals surface area contributed by atoms with E-state index in [1.165, 1.54) is 6.42 Å². The second kappa shape index (κ2) is 11.0. The first-order chi connectivity index (χ1) is 17.9. The van der Waals surface area contributed by atoms with E-state index in [1.807, 2.05) is 27.7 Å². The number of urea groups is 1. The van der Waals surface area contributed by atoms with Crippen molar-refractivity contribution >= 4 is 29.3 Å². The first-order valence-corrected chi connectivity index (χ1v) is 14.8. The molecular weight excluding hydrogens is 482 g/mol. The summed E-state index contributed by atoms with van der Waals surface area (Å²) in [6.45, 7) is 10.2. The van der Waals surface area contributed by atoms with Crippen LogP contribution in [0.3, 0.4) is 0 Å². The number of aliphatic imine (C=N–C) groups is 1. The fourth-order valence-corrected chi connectivity index (χ4v) is 6.26. The molecule has 9 heteroatoms. The van der Waals surface area contributed by atoms with Crippen molar-refractivity contribution in [3.8, 4) is 0 Å². The highest BCUT2D eigenvalue weighted by Crippen LogP contribution is 2.35. The van der Waals surface area contributed by atoms with Gasteiger partial charge in [0.05, 0.1) is 11.8 Å². The molecule has 3 atom stereocenters. The third-order valence-electron chi connectivity index (χ3n) is 9.11. The number of ketones is 1. The fraction of sp³-hybridized carbons (Fsp3) is 0.828. The molecule has 4 amide bonds. The molecule has 0 aromatic carbocycles. The van der Waals surface area contributed by atoms with E-state index in [9.17, 15) is 19.2 Å². The molecule has 4 fully saturated rings. The minimum atomic E-state index is -0.919. The molecule has 212 valence electrons. The number of hydrogen-bond donors (Lipinski definition) is 3. The van der Waals surface area contributed by atoms with Crippen molar-refractivity contribution in [1.29, 1.82) is 0 Å². The summed E-state index contributed by atoms with van der Waals surface area (Å²) in [7, 11) is 0. The van der Waals surface area contributed by atoms with Crippen molar-refractivity contribution < 1.29 is 19.2 Å².